The van der Waals surface area contributed by atoms with Crippen molar-refractivity contribution in [1.82, 2.24) is 0 Å². The summed E-state index contributed by atoms with van der Waals surface area (Å²) in [6.07, 6.45) is 0. The van der Waals surface area contributed by atoms with Crippen LogP contribution in [0.4, 0.5) is 0 Å². The molecule has 1 atom stereocenters. The van der Waals surface area contributed by atoms with E-state index in [2.05, 4.69) is 31.8 Å². The van der Waals surface area contributed by atoms with Crippen molar-refractivity contribution in [3.05, 3.63) is 0 Å². The van der Waals surface area contributed by atoms with Gasteiger partial charge in [-0.3, -0.25) is 0 Å². The van der Waals surface area contributed by atoms with Crippen LogP contribution in [-0.4, -0.2) is 18.7 Å². The lowest BCUT2D eigenvalue weighted by Crippen LogP contribution is -2.24. The lowest BCUT2D eigenvalue weighted by atomic mass is 10.6. The lowest BCUT2D eigenvalue weighted by molar-refractivity contribution is 1.10. The fraction of sp³-hybridized carbons (Fsp3) is 1.00. The van der Waals surface area contributed by atoms with Gasteiger partial charge in [-0.2, -0.15) is 11.8 Å². The summed E-state index contributed by atoms with van der Waals surface area (Å²) in [4.78, 5) is 0. The third-order valence-corrected chi connectivity index (χ3v) is 8.14. The molecule has 1 aliphatic heterocycles. The van der Waals surface area contributed by atoms with E-state index >= 15 is 0 Å². The maximum atomic E-state index is 2.49. The Hall–Kier alpha value is 0.567. The Morgan fingerprint density at radius 3 is 2.25 bits per heavy atom. The van der Waals surface area contributed by atoms with E-state index in [-0.39, 0.29) is 0 Å². The van der Waals surface area contributed by atoms with E-state index in [0.29, 0.717) is 0 Å². The minimum atomic E-state index is -0.640. The highest BCUT2D eigenvalue weighted by Crippen LogP contribution is 2.33. The van der Waals surface area contributed by atoms with Crippen LogP contribution in [-0.2, 0) is 0 Å². The van der Waals surface area contributed by atoms with Crippen LogP contribution >= 0.6 is 11.8 Å². The molecule has 1 heterocycles. The maximum Gasteiger partial charge on any atom is 0.0589 e. The van der Waals surface area contributed by atoms with Crippen molar-refractivity contribution in [2.75, 3.05) is 5.38 Å². The average molecular weight is 146 g/mol. The van der Waals surface area contributed by atoms with E-state index in [1.54, 1.807) is 0 Å². The van der Waals surface area contributed by atoms with Gasteiger partial charge in [-0.15, -0.1) is 0 Å². The second-order valence-corrected chi connectivity index (χ2v) is 10.5. The maximum absolute atomic E-state index is 2.49. The predicted octanol–water partition coefficient (Wildman–Crippen LogP) is 2.37. The number of hydrogen-bond acceptors (Lipinski definition) is 1. The minimum absolute atomic E-state index is 0.640. The zero-order valence-electron chi connectivity index (χ0n) is 5.90. The Balaban J connectivity index is 2.44. The summed E-state index contributed by atoms with van der Waals surface area (Å²) in [5.41, 5.74) is 0. The molecule has 0 N–H and O–H groups in total. The summed E-state index contributed by atoms with van der Waals surface area (Å²) in [5, 5.41) is 2.46. The first kappa shape index (κ1) is 6.68. The molecule has 0 spiro atoms. The van der Waals surface area contributed by atoms with Gasteiger partial charge in [0.2, 0.25) is 0 Å². The smallest absolute Gasteiger partial charge is 0.0589 e. The largest absolute Gasteiger partial charge is 0.162 e. The van der Waals surface area contributed by atoms with Crippen molar-refractivity contribution in [2.45, 2.75) is 31.3 Å². The Bertz CT molecular complexity index is 90.5. The van der Waals surface area contributed by atoms with E-state index in [1.165, 1.54) is 11.4 Å². The molecular formula is C6H14SSi. The zero-order chi connectivity index (χ0) is 6.20. The number of thioether (sulfide) groups is 1. The summed E-state index contributed by atoms with van der Waals surface area (Å²) in [7, 11) is -0.640. The van der Waals surface area contributed by atoms with Gasteiger partial charge in [0, 0.05) is 0 Å². The third-order valence-electron chi connectivity index (χ3n) is 1.60. The quantitative estimate of drug-likeness (QED) is 0.473. The van der Waals surface area contributed by atoms with E-state index in [0.717, 1.165) is 5.25 Å². The minimum Gasteiger partial charge on any atom is -0.162 e. The molecule has 1 unspecified atom stereocenters. The van der Waals surface area contributed by atoms with Crippen LogP contribution in [0.2, 0.25) is 19.1 Å². The molecule has 48 valence electrons. The molecule has 0 nitrogen and oxygen atoms in total. The second-order valence-electron chi connectivity index (χ2n) is 3.49. The highest BCUT2D eigenvalue weighted by molar-refractivity contribution is 8.02. The van der Waals surface area contributed by atoms with Gasteiger partial charge >= 0.3 is 0 Å². The Kier molecular flexibility index (Phi) is 1.73. The topological polar surface area (TPSA) is 0 Å². The van der Waals surface area contributed by atoms with Crippen LogP contribution in [0.25, 0.3) is 0 Å². The van der Waals surface area contributed by atoms with Gasteiger partial charge in [-0.05, 0) is 16.7 Å². The molecule has 1 aliphatic rings. The summed E-state index contributed by atoms with van der Waals surface area (Å²) in [6, 6.07) is 1.54. The zero-order valence-corrected chi connectivity index (χ0v) is 7.72. The molecule has 1 saturated heterocycles. The molecule has 1 rings (SSSR count). The molecular weight excluding hydrogens is 132 g/mol. The number of hydrogen-bond donors (Lipinski definition) is 0. The van der Waals surface area contributed by atoms with Gasteiger partial charge in [-0.25, -0.2) is 0 Å². The average Bonchev–Trinajstić information content (AvgIpc) is 1.82. The molecule has 0 aromatic heterocycles. The molecule has 0 saturated carbocycles. The van der Waals surface area contributed by atoms with Crippen molar-refractivity contribution in [2.24, 2.45) is 0 Å². The van der Waals surface area contributed by atoms with E-state index < -0.39 is 8.07 Å². The van der Waals surface area contributed by atoms with Crippen molar-refractivity contribution in [1.29, 1.82) is 0 Å². The predicted molar refractivity (Wildman–Crippen MR) is 44.2 cm³/mol. The molecule has 0 amide bonds. The molecule has 2 heteroatoms. The Labute approximate surface area is 57.1 Å². The van der Waals surface area contributed by atoms with E-state index in [9.17, 15) is 0 Å². The molecule has 0 bridgehead atoms. The molecule has 0 radical (unpaired) electrons. The van der Waals surface area contributed by atoms with Crippen LogP contribution in [0.3, 0.4) is 0 Å². The van der Waals surface area contributed by atoms with Gasteiger partial charge in [0.05, 0.1) is 8.07 Å². The fourth-order valence-electron chi connectivity index (χ4n) is 1.26. The highest BCUT2D eigenvalue weighted by Gasteiger charge is 2.30. The summed E-state index contributed by atoms with van der Waals surface area (Å²) in [6.45, 7) is 7.33. The van der Waals surface area contributed by atoms with Crippen molar-refractivity contribution < 1.29 is 0 Å². The van der Waals surface area contributed by atoms with Crippen LogP contribution in [0.15, 0.2) is 0 Å². The second kappa shape index (κ2) is 2.07. The third kappa shape index (κ3) is 1.52. The van der Waals surface area contributed by atoms with Crippen molar-refractivity contribution >= 4 is 19.8 Å². The monoisotopic (exact) mass is 146 g/mol. The van der Waals surface area contributed by atoms with Gasteiger partial charge in [0.15, 0.2) is 0 Å². The Morgan fingerprint density at radius 1 is 1.50 bits per heavy atom. The Morgan fingerprint density at radius 2 is 2.12 bits per heavy atom. The van der Waals surface area contributed by atoms with Crippen molar-refractivity contribution in [3.63, 3.8) is 0 Å². The molecule has 8 heavy (non-hydrogen) atoms. The first-order valence-corrected chi connectivity index (χ1v) is 7.68. The molecule has 0 aliphatic carbocycles. The van der Waals surface area contributed by atoms with Crippen LogP contribution in [0.1, 0.15) is 6.92 Å². The summed E-state index contributed by atoms with van der Waals surface area (Å²) >= 11 is 2.17. The lowest BCUT2D eigenvalue weighted by Gasteiger charge is -2.10. The standard InChI is InChI=1S/C6H14SSi/c1-6-4-8(2,3)5-7-6/h6H,4-5H2,1-3H3. The van der Waals surface area contributed by atoms with Gasteiger partial charge < -0.3 is 0 Å². The van der Waals surface area contributed by atoms with Crippen LogP contribution in [0, 0.1) is 0 Å². The van der Waals surface area contributed by atoms with Crippen LogP contribution < -0.4 is 0 Å². The summed E-state index contributed by atoms with van der Waals surface area (Å²) in [5.74, 6) is 0. The first-order valence-electron chi connectivity index (χ1n) is 3.22. The molecule has 0 aromatic rings. The van der Waals surface area contributed by atoms with Gasteiger partial charge in [0.25, 0.3) is 0 Å². The van der Waals surface area contributed by atoms with E-state index in [4.69, 9.17) is 0 Å². The molecule has 1 fully saturated rings. The van der Waals surface area contributed by atoms with Crippen LogP contribution in [0.5, 0.6) is 0 Å². The SMILES string of the molecule is CC1C[Si](C)(C)CS1. The normalized spacial score (nSPS) is 35.6. The first-order chi connectivity index (χ1) is 3.60. The van der Waals surface area contributed by atoms with Gasteiger partial charge in [0.1, 0.15) is 0 Å². The van der Waals surface area contributed by atoms with E-state index in [1.807, 2.05) is 0 Å². The number of rotatable bonds is 0. The van der Waals surface area contributed by atoms with Gasteiger partial charge in [-0.1, -0.05) is 20.0 Å². The molecule has 0 aromatic carbocycles. The van der Waals surface area contributed by atoms with Crippen molar-refractivity contribution in [3.8, 4) is 0 Å². The summed E-state index contributed by atoms with van der Waals surface area (Å²) < 4.78 is 0. The highest BCUT2D eigenvalue weighted by atomic mass is 32.2. The fourth-order valence-corrected chi connectivity index (χ4v) is 8.06.